The van der Waals surface area contributed by atoms with Crippen molar-refractivity contribution in [3.8, 4) is 0 Å². The smallest absolute Gasteiger partial charge is 0.292 e. The molecule has 0 fully saturated rings. The SMILES string of the molecule is Cc1cc(NC2=CC(=O)N(CCO)C2=O)c([N+](=O)[O-])cc1C. The summed E-state index contributed by atoms with van der Waals surface area (Å²) < 4.78 is 0. The molecule has 1 aliphatic rings. The van der Waals surface area contributed by atoms with E-state index < -0.39 is 16.7 Å². The normalized spacial score (nSPS) is 14.3. The van der Waals surface area contributed by atoms with Crippen LogP contribution in [0.25, 0.3) is 0 Å². The molecule has 0 saturated carbocycles. The summed E-state index contributed by atoms with van der Waals surface area (Å²) in [5.74, 6) is -1.18. The van der Waals surface area contributed by atoms with Gasteiger partial charge in [-0.1, -0.05) is 0 Å². The number of imide groups is 1. The fourth-order valence-electron chi connectivity index (χ4n) is 2.11. The van der Waals surface area contributed by atoms with E-state index in [1.54, 1.807) is 19.9 Å². The maximum absolute atomic E-state index is 12.0. The Kier molecular flexibility index (Phi) is 4.22. The van der Waals surface area contributed by atoms with E-state index in [4.69, 9.17) is 5.11 Å². The Morgan fingerprint density at radius 3 is 2.50 bits per heavy atom. The van der Waals surface area contributed by atoms with Crippen LogP contribution >= 0.6 is 0 Å². The molecule has 2 amide bonds. The van der Waals surface area contributed by atoms with Crippen LogP contribution in [0.2, 0.25) is 0 Å². The lowest BCUT2D eigenvalue weighted by Crippen LogP contribution is -2.34. The molecule has 0 saturated heterocycles. The van der Waals surface area contributed by atoms with Crippen molar-refractivity contribution in [1.29, 1.82) is 0 Å². The first-order valence-electron chi connectivity index (χ1n) is 6.56. The zero-order chi connectivity index (χ0) is 16.4. The van der Waals surface area contributed by atoms with Gasteiger partial charge in [0.05, 0.1) is 18.1 Å². The summed E-state index contributed by atoms with van der Waals surface area (Å²) in [7, 11) is 0. The third-order valence-corrected chi connectivity index (χ3v) is 3.41. The van der Waals surface area contributed by atoms with Crippen LogP contribution in [0.3, 0.4) is 0 Å². The maximum atomic E-state index is 12.0. The van der Waals surface area contributed by atoms with Crippen molar-refractivity contribution in [2.24, 2.45) is 0 Å². The number of carbonyl (C=O) groups excluding carboxylic acids is 2. The van der Waals surface area contributed by atoms with Gasteiger partial charge in [0.2, 0.25) is 0 Å². The molecule has 1 aliphatic heterocycles. The lowest BCUT2D eigenvalue weighted by Gasteiger charge is -2.14. The minimum Gasteiger partial charge on any atom is -0.395 e. The van der Waals surface area contributed by atoms with Crippen LogP contribution in [0.5, 0.6) is 0 Å². The number of hydrogen-bond donors (Lipinski definition) is 2. The van der Waals surface area contributed by atoms with Crippen molar-refractivity contribution in [2.75, 3.05) is 18.5 Å². The molecule has 0 spiro atoms. The van der Waals surface area contributed by atoms with Crippen LogP contribution in [0.15, 0.2) is 23.9 Å². The molecule has 1 heterocycles. The Hall–Kier alpha value is -2.74. The minimum atomic E-state index is -0.619. The summed E-state index contributed by atoms with van der Waals surface area (Å²) >= 11 is 0. The number of hydrogen-bond acceptors (Lipinski definition) is 6. The average Bonchev–Trinajstić information content (AvgIpc) is 2.70. The third kappa shape index (κ3) is 2.82. The minimum absolute atomic E-state index is 0.0511. The van der Waals surface area contributed by atoms with Crippen LogP contribution in [0.4, 0.5) is 11.4 Å². The highest BCUT2D eigenvalue weighted by atomic mass is 16.6. The van der Waals surface area contributed by atoms with Gasteiger partial charge in [-0.05, 0) is 31.0 Å². The molecule has 116 valence electrons. The fourth-order valence-corrected chi connectivity index (χ4v) is 2.11. The molecule has 8 heteroatoms. The number of anilines is 1. The average molecular weight is 305 g/mol. The molecule has 2 rings (SSSR count). The Morgan fingerprint density at radius 1 is 1.27 bits per heavy atom. The largest absolute Gasteiger partial charge is 0.395 e. The van der Waals surface area contributed by atoms with Crippen molar-refractivity contribution in [3.63, 3.8) is 0 Å². The summed E-state index contributed by atoms with van der Waals surface area (Å²) in [6.07, 6.45) is 1.07. The topological polar surface area (TPSA) is 113 Å². The second-order valence-corrected chi connectivity index (χ2v) is 4.91. The van der Waals surface area contributed by atoms with Gasteiger partial charge in [0, 0.05) is 12.1 Å². The van der Waals surface area contributed by atoms with Crippen LogP contribution in [-0.4, -0.2) is 39.9 Å². The van der Waals surface area contributed by atoms with Crippen molar-refractivity contribution in [3.05, 3.63) is 45.1 Å². The number of rotatable bonds is 5. The number of aliphatic hydroxyl groups excluding tert-OH is 1. The molecule has 8 nitrogen and oxygen atoms in total. The third-order valence-electron chi connectivity index (χ3n) is 3.41. The van der Waals surface area contributed by atoms with Crippen molar-refractivity contribution >= 4 is 23.2 Å². The zero-order valence-corrected chi connectivity index (χ0v) is 12.1. The number of nitro groups is 1. The van der Waals surface area contributed by atoms with E-state index in [0.29, 0.717) is 0 Å². The van der Waals surface area contributed by atoms with E-state index >= 15 is 0 Å². The first kappa shape index (κ1) is 15.6. The number of β-amino-alcohol motifs (C(OH)–C–C–N with tert-alkyl or cyclic N) is 1. The second kappa shape index (κ2) is 5.94. The molecule has 0 bridgehead atoms. The highest BCUT2D eigenvalue weighted by Crippen LogP contribution is 2.30. The van der Waals surface area contributed by atoms with Gasteiger partial charge < -0.3 is 10.4 Å². The fraction of sp³-hybridized carbons (Fsp3) is 0.286. The number of amides is 2. The Labute approximate surface area is 126 Å². The molecule has 0 atom stereocenters. The summed E-state index contributed by atoms with van der Waals surface area (Å²) in [6.45, 7) is 3.08. The second-order valence-electron chi connectivity index (χ2n) is 4.91. The van der Waals surface area contributed by atoms with E-state index in [2.05, 4.69) is 5.32 Å². The highest BCUT2D eigenvalue weighted by Gasteiger charge is 2.31. The predicted octanol–water partition coefficient (Wildman–Crippen LogP) is 0.869. The first-order valence-corrected chi connectivity index (χ1v) is 6.56. The van der Waals surface area contributed by atoms with Gasteiger partial charge >= 0.3 is 0 Å². The molecule has 1 aromatic rings. The number of aryl methyl sites for hydroxylation is 2. The quantitative estimate of drug-likeness (QED) is 0.474. The number of carbonyl (C=O) groups is 2. The standard InChI is InChI=1S/C14H15N3O5/c1-8-5-10(12(17(21)22)6-9(8)2)15-11-7-13(19)16(3-4-18)14(11)20/h5-7,15,18H,3-4H2,1-2H3. The molecule has 2 N–H and O–H groups in total. The molecule has 0 aromatic heterocycles. The van der Waals surface area contributed by atoms with E-state index in [1.165, 1.54) is 6.07 Å². The highest BCUT2D eigenvalue weighted by molar-refractivity contribution is 6.17. The van der Waals surface area contributed by atoms with Gasteiger partial charge in [0.15, 0.2) is 0 Å². The van der Waals surface area contributed by atoms with Crippen LogP contribution in [0.1, 0.15) is 11.1 Å². The van der Waals surface area contributed by atoms with Gasteiger partial charge in [-0.3, -0.25) is 24.6 Å². The lowest BCUT2D eigenvalue weighted by molar-refractivity contribution is -0.384. The van der Waals surface area contributed by atoms with E-state index in [9.17, 15) is 19.7 Å². The Bertz CT molecular complexity index is 696. The molecule has 0 aliphatic carbocycles. The predicted molar refractivity (Wildman–Crippen MR) is 78.1 cm³/mol. The van der Waals surface area contributed by atoms with Crippen molar-refractivity contribution < 1.29 is 19.6 Å². The molecule has 22 heavy (non-hydrogen) atoms. The number of nitrogens with one attached hydrogen (secondary N) is 1. The van der Waals surface area contributed by atoms with Crippen LogP contribution in [0, 0.1) is 24.0 Å². The first-order chi connectivity index (χ1) is 10.3. The summed E-state index contributed by atoms with van der Waals surface area (Å²) in [5, 5.41) is 22.6. The molecule has 1 aromatic carbocycles. The van der Waals surface area contributed by atoms with E-state index in [1.807, 2.05) is 0 Å². The summed E-state index contributed by atoms with van der Waals surface area (Å²) in [5.41, 5.74) is 1.49. The monoisotopic (exact) mass is 305 g/mol. The van der Waals surface area contributed by atoms with Gasteiger partial charge in [-0.25, -0.2) is 0 Å². The molecular weight excluding hydrogens is 290 g/mol. The maximum Gasteiger partial charge on any atom is 0.292 e. The van der Waals surface area contributed by atoms with Gasteiger partial charge in [-0.15, -0.1) is 0 Å². The number of nitro benzene ring substituents is 1. The Balaban J connectivity index is 2.34. The van der Waals surface area contributed by atoms with Gasteiger partial charge in [-0.2, -0.15) is 0 Å². The molecule has 0 unspecified atom stereocenters. The molecule has 0 radical (unpaired) electrons. The van der Waals surface area contributed by atoms with Gasteiger partial charge in [0.25, 0.3) is 17.5 Å². The Morgan fingerprint density at radius 2 is 1.91 bits per heavy atom. The van der Waals surface area contributed by atoms with Gasteiger partial charge in [0.1, 0.15) is 11.4 Å². The van der Waals surface area contributed by atoms with Crippen molar-refractivity contribution in [2.45, 2.75) is 13.8 Å². The molecular formula is C14H15N3O5. The van der Waals surface area contributed by atoms with Crippen LogP contribution in [-0.2, 0) is 9.59 Å². The summed E-state index contributed by atoms with van der Waals surface area (Å²) in [6, 6.07) is 2.96. The number of aliphatic hydroxyl groups is 1. The summed E-state index contributed by atoms with van der Waals surface area (Å²) in [4.78, 5) is 35.1. The van der Waals surface area contributed by atoms with E-state index in [-0.39, 0.29) is 30.2 Å². The van der Waals surface area contributed by atoms with Crippen LogP contribution < -0.4 is 5.32 Å². The lowest BCUT2D eigenvalue weighted by atomic mass is 10.1. The number of benzene rings is 1. The number of nitrogens with zero attached hydrogens (tertiary/aromatic N) is 2. The van der Waals surface area contributed by atoms with Crippen molar-refractivity contribution in [1.82, 2.24) is 4.90 Å². The zero-order valence-electron chi connectivity index (χ0n) is 12.1. The van der Waals surface area contributed by atoms with E-state index in [0.717, 1.165) is 22.1 Å².